The second kappa shape index (κ2) is 9.10. The van der Waals surface area contributed by atoms with Crippen LogP contribution >= 0.6 is 11.3 Å². The van der Waals surface area contributed by atoms with Gasteiger partial charge < -0.3 is 19.9 Å². The molecule has 176 valence electrons. The van der Waals surface area contributed by atoms with Crippen LogP contribution in [0, 0.1) is 5.82 Å². The summed E-state index contributed by atoms with van der Waals surface area (Å²) in [4.78, 5) is 25.7. The number of nitrogens with one attached hydrogen (secondary N) is 1. The van der Waals surface area contributed by atoms with Crippen molar-refractivity contribution in [1.82, 2.24) is 0 Å². The summed E-state index contributed by atoms with van der Waals surface area (Å²) in [7, 11) is 1.59. The Hall–Kier alpha value is -3.39. The predicted molar refractivity (Wildman–Crippen MR) is 128 cm³/mol. The highest BCUT2D eigenvalue weighted by atomic mass is 32.1. The van der Waals surface area contributed by atoms with Crippen molar-refractivity contribution in [3.8, 4) is 22.6 Å². The Morgan fingerprint density at radius 2 is 1.85 bits per heavy atom. The van der Waals surface area contributed by atoms with Crippen molar-refractivity contribution in [2.45, 2.75) is 44.1 Å². The molecule has 0 saturated heterocycles. The molecule has 6 nitrogen and oxygen atoms in total. The molecule has 0 radical (unpaired) electrons. The highest BCUT2D eigenvalue weighted by Gasteiger charge is 2.35. The molecule has 1 aliphatic heterocycles. The number of hydrogen-bond donors (Lipinski definition) is 2. The van der Waals surface area contributed by atoms with Gasteiger partial charge in [0.05, 0.1) is 18.9 Å². The van der Waals surface area contributed by atoms with Crippen LogP contribution < -0.4 is 14.8 Å². The third-order valence-corrected chi connectivity index (χ3v) is 7.71. The van der Waals surface area contributed by atoms with Crippen LogP contribution in [0.1, 0.15) is 58.1 Å². The van der Waals surface area contributed by atoms with Crippen molar-refractivity contribution < 1.29 is 28.6 Å². The monoisotopic (exact) mass is 481 g/mol. The van der Waals surface area contributed by atoms with Crippen LogP contribution in [0.4, 0.5) is 10.1 Å². The highest BCUT2D eigenvalue weighted by molar-refractivity contribution is 7.15. The maximum absolute atomic E-state index is 13.5. The molecule has 2 aromatic carbocycles. The van der Waals surface area contributed by atoms with Crippen LogP contribution in [0.15, 0.2) is 42.5 Å². The van der Waals surface area contributed by atoms with Gasteiger partial charge in [-0.2, -0.15) is 0 Å². The van der Waals surface area contributed by atoms with E-state index in [2.05, 4.69) is 5.32 Å². The molecule has 1 saturated carbocycles. The van der Waals surface area contributed by atoms with Gasteiger partial charge in [0.15, 0.2) is 11.5 Å². The number of carbonyl (C=O) groups is 2. The number of benzene rings is 2. The Morgan fingerprint density at radius 1 is 1.12 bits per heavy atom. The molecular weight excluding hydrogens is 457 g/mol. The second-order valence-electron chi connectivity index (χ2n) is 8.60. The van der Waals surface area contributed by atoms with Gasteiger partial charge in [0.1, 0.15) is 10.7 Å². The van der Waals surface area contributed by atoms with Gasteiger partial charge >= 0.3 is 5.97 Å². The summed E-state index contributed by atoms with van der Waals surface area (Å²) in [5.74, 6) is -0.789. The number of rotatable bonds is 6. The molecule has 2 N–H and O–H groups in total. The molecule has 8 heteroatoms. The van der Waals surface area contributed by atoms with E-state index in [4.69, 9.17) is 9.47 Å². The van der Waals surface area contributed by atoms with Gasteiger partial charge in [-0.3, -0.25) is 4.79 Å². The van der Waals surface area contributed by atoms with Crippen LogP contribution in [-0.2, 0) is 4.79 Å². The van der Waals surface area contributed by atoms with E-state index in [1.165, 1.54) is 24.3 Å². The van der Waals surface area contributed by atoms with Gasteiger partial charge in [0.2, 0.25) is 5.91 Å². The first-order valence-corrected chi connectivity index (χ1v) is 12.1. The zero-order chi connectivity index (χ0) is 23.8. The van der Waals surface area contributed by atoms with Crippen LogP contribution in [0.5, 0.6) is 11.5 Å². The molecule has 1 amide bonds. The quantitative estimate of drug-likeness (QED) is 0.447. The van der Waals surface area contributed by atoms with Gasteiger partial charge in [0.25, 0.3) is 0 Å². The minimum atomic E-state index is -1.09. The van der Waals surface area contributed by atoms with Crippen molar-refractivity contribution in [2.24, 2.45) is 0 Å². The Balaban J connectivity index is 1.60. The van der Waals surface area contributed by atoms with E-state index >= 15 is 0 Å². The fraction of sp³-hybridized carbons (Fsp3) is 0.308. The second-order valence-corrected chi connectivity index (χ2v) is 9.65. The van der Waals surface area contributed by atoms with Crippen LogP contribution in [0.25, 0.3) is 11.1 Å². The highest BCUT2D eigenvalue weighted by Crippen LogP contribution is 2.50. The molecular formula is C26H24FNO5S. The summed E-state index contributed by atoms with van der Waals surface area (Å²) >= 11 is 1.14. The Kier molecular flexibility index (Phi) is 6.00. The lowest BCUT2D eigenvalue weighted by Crippen LogP contribution is -2.22. The first-order valence-electron chi connectivity index (χ1n) is 11.2. The largest absolute Gasteiger partial charge is 0.493 e. The van der Waals surface area contributed by atoms with Crippen molar-refractivity contribution >= 4 is 28.9 Å². The summed E-state index contributed by atoms with van der Waals surface area (Å²) in [6.07, 6.45) is 4.59. The first-order chi connectivity index (χ1) is 16.4. The zero-order valence-electron chi connectivity index (χ0n) is 18.6. The number of carbonyl (C=O) groups excluding carboxylic acids is 1. The van der Waals surface area contributed by atoms with Gasteiger partial charge in [0, 0.05) is 22.8 Å². The Bertz CT molecular complexity index is 1250. The molecule has 34 heavy (non-hydrogen) atoms. The average Bonchev–Trinajstić information content (AvgIpc) is 3.47. The number of carboxylic acids is 1. The molecule has 0 unspecified atom stereocenters. The first kappa shape index (κ1) is 22.4. The smallest absolute Gasteiger partial charge is 0.346 e. The Morgan fingerprint density at radius 3 is 2.53 bits per heavy atom. The van der Waals surface area contributed by atoms with Crippen molar-refractivity contribution in [3.05, 3.63) is 63.6 Å². The van der Waals surface area contributed by atoms with E-state index in [0.29, 0.717) is 28.3 Å². The van der Waals surface area contributed by atoms with Crippen molar-refractivity contribution in [2.75, 3.05) is 12.4 Å². The molecule has 2 aliphatic rings. The van der Waals surface area contributed by atoms with E-state index in [0.717, 1.165) is 47.5 Å². The topological polar surface area (TPSA) is 84.9 Å². The zero-order valence-corrected chi connectivity index (χ0v) is 19.4. The normalized spacial score (nSPS) is 17.8. The number of carboxylic acid groups (broad SMARTS) is 1. The maximum Gasteiger partial charge on any atom is 0.346 e. The molecule has 1 aromatic heterocycles. The summed E-state index contributed by atoms with van der Waals surface area (Å²) in [6, 6.07) is 11.2. The lowest BCUT2D eigenvalue weighted by molar-refractivity contribution is -0.116. The van der Waals surface area contributed by atoms with Crippen LogP contribution in [-0.4, -0.2) is 30.2 Å². The van der Waals surface area contributed by atoms with Gasteiger partial charge in [-0.15, -0.1) is 11.3 Å². The lowest BCUT2D eigenvalue weighted by atomic mass is 9.88. The van der Waals surface area contributed by atoms with E-state index < -0.39 is 11.8 Å². The average molecular weight is 482 g/mol. The van der Waals surface area contributed by atoms with Gasteiger partial charge in [-0.1, -0.05) is 18.2 Å². The molecule has 2 heterocycles. The van der Waals surface area contributed by atoms with E-state index in [1.807, 2.05) is 18.2 Å². The molecule has 0 bridgehead atoms. The molecule has 5 rings (SSSR count). The van der Waals surface area contributed by atoms with Crippen LogP contribution in [0.3, 0.4) is 0 Å². The molecule has 1 fully saturated rings. The molecule has 0 spiro atoms. The van der Waals surface area contributed by atoms with E-state index in [1.54, 1.807) is 7.11 Å². The number of halogens is 1. The number of fused-ring (bicyclic) bond motifs is 1. The predicted octanol–water partition coefficient (Wildman–Crippen LogP) is 6.06. The third-order valence-electron chi connectivity index (χ3n) is 6.42. The number of thiophene rings is 1. The fourth-order valence-corrected chi connectivity index (χ4v) is 6.03. The number of ether oxygens (including phenoxy) is 2. The SMILES string of the molecule is COc1ccc([C@H]2CC(=O)Nc3c2sc(C(=O)O)c3-c2ccc(F)cc2)cc1OC1CCCC1. The van der Waals surface area contributed by atoms with Crippen LogP contribution in [0.2, 0.25) is 0 Å². The van der Waals surface area contributed by atoms with Gasteiger partial charge in [-0.05, 0) is 61.1 Å². The molecule has 1 aliphatic carbocycles. The number of amides is 1. The van der Waals surface area contributed by atoms with E-state index in [9.17, 15) is 19.1 Å². The molecule has 3 aromatic rings. The standard InChI is InChI=1S/C26H24FNO5S/c1-32-19-11-8-15(12-20(19)33-17-4-2-3-5-17)18-13-21(29)28-23-22(14-6-9-16(27)10-7-14)25(26(30)31)34-24(18)23/h6-12,17-18H,2-5,13H2,1H3,(H,28,29)(H,30,31)/t18-/m1/s1. The van der Waals surface area contributed by atoms with Crippen molar-refractivity contribution in [3.63, 3.8) is 0 Å². The Labute approximate surface area is 200 Å². The van der Waals surface area contributed by atoms with Gasteiger partial charge in [-0.25, -0.2) is 9.18 Å². The maximum atomic E-state index is 13.5. The summed E-state index contributed by atoms with van der Waals surface area (Å²) in [5.41, 5.74) is 2.27. The number of hydrogen-bond acceptors (Lipinski definition) is 5. The van der Waals surface area contributed by atoms with E-state index in [-0.39, 0.29) is 29.2 Å². The fourth-order valence-electron chi connectivity index (χ4n) is 4.79. The third kappa shape index (κ3) is 4.14. The summed E-state index contributed by atoms with van der Waals surface area (Å²) in [6.45, 7) is 0. The number of anilines is 1. The minimum absolute atomic E-state index is 0.111. The number of aromatic carboxylic acids is 1. The summed E-state index contributed by atoms with van der Waals surface area (Å²) < 4.78 is 25.3. The summed E-state index contributed by atoms with van der Waals surface area (Å²) in [5, 5.41) is 12.8. The lowest BCUT2D eigenvalue weighted by Gasteiger charge is -2.25. The minimum Gasteiger partial charge on any atom is -0.493 e. The molecule has 1 atom stereocenters. The number of methoxy groups -OCH3 is 1. The van der Waals surface area contributed by atoms with Crippen molar-refractivity contribution in [1.29, 1.82) is 0 Å².